The molecule has 0 aromatic heterocycles. The van der Waals surface area contributed by atoms with Crippen molar-refractivity contribution in [1.82, 2.24) is 10.6 Å². The van der Waals surface area contributed by atoms with Gasteiger partial charge in [-0.05, 0) is 31.0 Å². The van der Waals surface area contributed by atoms with Gasteiger partial charge in [0, 0.05) is 18.2 Å². The molecule has 2 rings (SSSR count). The molecule has 0 radical (unpaired) electrons. The molecular weight excluding hydrogens is 303 g/mol. The molecule has 0 aliphatic carbocycles. The lowest BCUT2D eigenvalue weighted by Gasteiger charge is -2.12. The van der Waals surface area contributed by atoms with Crippen molar-refractivity contribution in [2.24, 2.45) is 0 Å². The average Bonchev–Trinajstić information content (AvgIpc) is 2.92. The molecule has 1 aromatic rings. The van der Waals surface area contributed by atoms with Crippen LogP contribution in [0.3, 0.4) is 0 Å². The van der Waals surface area contributed by atoms with E-state index in [1.807, 2.05) is 0 Å². The van der Waals surface area contributed by atoms with Crippen molar-refractivity contribution >= 4 is 29.2 Å². The van der Waals surface area contributed by atoms with Crippen molar-refractivity contribution in [3.8, 4) is 5.75 Å². The molecule has 7 heteroatoms. The van der Waals surface area contributed by atoms with Crippen LogP contribution in [0.2, 0.25) is 10.0 Å². The molecule has 2 N–H and O–H groups in total. The lowest BCUT2D eigenvalue weighted by molar-refractivity contribution is 0.111. The number of halogens is 2. The monoisotopic (exact) mass is 318 g/mol. The summed E-state index contributed by atoms with van der Waals surface area (Å²) in [5.74, 6) is 0.468. The summed E-state index contributed by atoms with van der Waals surface area (Å²) in [7, 11) is 0. The van der Waals surface area contributed by atoms with Crippen LogP contribution in [0.5, 0.6) is 5.75 Å². The second-order valence-electron chi connectivity index (χ2n) is 4.39. The largest absolute Gasteiger partial charge is 0.472 e. The molecule has 1 heterocycles. The predicted octanol–water partition coefficient (Wildman–Crippen LogP) is 2.81. The van der Waals surface area contributed by atoms with E-state index < -0.39 is 0 Å². The summed E-state index contributed by atoms with van der Waals surface area (Å²) < 4.78 is 10.7. The van der Waals surface area contributed by atoms with Crippen LogP contribution in [-0.2, 0) is 4.74 Å². The summed E-state index contributed by atoms with van der Waals surface area (Å²) >= 11 is 11.7. The lowest BCUT2D eigenvalue weighted by Crippen LogP contribution is -2.41. The third-order valence-electron chi connectivity index (χ3n) is 2.87. The van der Waals surface area contributed by atoms with Crippen molar-refractivity contribution in [2.75, 3.05) is 19.9 Å². The van der Waals surface area contributed by atoms with Crippen molar-refractivity contribution in [2.45, 2.75) is 18.9 Å². The minimum Gasteiger partial charge on any atom is -0.472 e. The van der Waals surface area contributed by atoms with E-state index >= 15 is 0 Å². The molecule has 0 saturated carbocycles. The molecule has 1 saturated heterocycles. The van der Waals surface area contributed by atoms with E-state index in [-0.39, 0.29) is 18.9 Å². The van der Waals surface area contributed by atoms with E-state index in [9.17, 15) is 4.79 Å². The van der Waals surface area contributed by atoms with E-state index in [4.69, 9.17) is 32.7 Å². The number of carbonyl (C=O) groups excluding carboxylic acids is 1. The van der Waals surface area contributed by atoms with Crippen molar-refractivity contribution in [1.29, 1.82) is 0 Å². The number of amides is 2. The van der Waals surface area contributed by atoms with Gasteiger partial charge in [-0.2, -0.15) is 0 Å². The Morgan fingerprint density at radius 1 is 1.40 bits per heavy atom. The Balaban J connectivity index is 1.65. The second kappa shape index (κ2) is 7.57. The average molecular weight is 319 g/mol. The van der Waals surface area contributed by atoms with E-state index in [1.54, 1.807) is 18.2 Å². The minimum absolute atomic E-state index is 0.0265. The molecule has 1 atom stereocenters. The highest BCUT2D eigenvalue weighted by Crippen LogP contribution is 2.27. The first-order valence-corrected chi connectivity index (χ1v) is 7.12. The van der Waals surface area contributed by atoms with Gasteiger partial charge in [0.1, 0.15) is 5.75 Å². The zero-order chi connectivity index (χ0) is 14.4. The van der Waals surface area contributed by atoms with E-state index in [0.717, 1.165) is 19.4 Å². The zero-order valence-corrected chi connectivity index (χ0v) is 12.3. The van der Waals surface area contributed by atoms with Crippen molar-refractivity contribution in [3.05, 3.63) is 28.2 Å². The molecule has 110 valence electrons. The molecular formula is C13H16Cl2N2O3. The highest BCUT2D eigenvalue weighted by atomic mass is 35.5. The normalized spacial score (nSPS) is 17.8. The molecule has 1 aliphatic heterocycles. The summed E-state index contributed by atoms with van der Waals surface area (Å²) in [6.45, 7) is 1.30. The maximum Gasteiger partial charge on any atom is 0.317 e. The zero-order valence-electron chi connectivity index (χ0n) is 10.8. The van der Waals surface area contributed by atoms with Gasteiger partial charge in [-0.3, -0.25) is 0 Å². The first-order valence-electron chi connectivity index (χ1n) is 6.36. The molecule has 1 fully saturated rings. The number of carbonyl (C=O) groups is 1. The number of urea groups is 1. The molecule has 0 bridgehead atoms. The summed E-state index contributed by atoms with van der Waals surface area (Å²) in [5, 5.41) is 6.24. The van der Waals surface area contributed by atoms with Gasteiger partial charge in [0.05, 0.1) is 11.1 Å². The standard InChI is InChI=1S/C13H16Cl2N2O3/c14-9-3-4-12(11(15)6-9)20-8-17-13(18)16-7-10-2-1-5-19-10/h3-4,6,10H,1-2,5,7-8H2,(H2,16,17,18). The molecule has 2 amide bonds. The van der Waals surface area contributed by atoms with Crippen LogP contribution in [0.25, 0.3) is 0 Å². The third-order valence-corrected chi connectivity index (χ3v) is 3.40. The molecule has 20 heavy (non-hydrogen) atoms. The summed E-state index contributed by atoms with van der Waals surface area (Å²) in [6, 6.07) is 4.60. The van der Waals surface area contributed by atoms with Crippen molar-refractivity contribution in [3.63, 3.8) is 0 Å². The Bertz CT molecular complexity index is 465. The number of ether oxygens (including phenoxy) is 2. The van der Waals surface area contributed by atoms with Crippen LogP contribution in [0, 0.1) is 0 Å². The van der Waals surface area contributed by atoms with Crippen LogP contribution in [0.4, 0.5) is 4.79 Å². The summed E-state index contributed by atoms with van der Waals surface area (Å²) in [6.07, 6.45) is 2.15. The van der Waals surface area contributed by atoms with Crippen LogP contribution in [0.15, 0.2) is 18.2 Å². The molecule has 1 aliphatic rings. The fraction of sp³-hybridized carbons (Fsp3) is 0.462. The van der Waals surface area contributed by atoms with E-state index in [1.165, 1.54) is 0 Å². The van der Waals surface area contributed by atoms with Gasteiger partial charge in [0.2, 0.25) is 0 Å². The molecule has 0 spiro atoms. The Labute approximate surface area is 127 Å². The van der Waals surface area contributed by atoms with Gasteiger partial charge >= 0.3 is 6.03 Å². The quantitative estimate of drug-likeness (QED) is 0.821. The fourth-order valence-electron chi connectivity index (χ4n) is 1.85. The van der Waals surface area contributed by atoms with Gasteiger partial charge in [-0.1, -0.05) is 23.2 Å². The van der Waals surface area contributed by atoms with Gasteiger partial charge < -0.3 is 20.1 Å². The SMILES string of the molecule is O=C(NCOc1ccc(Cl)cc1Cl)NCC1CCCO1. The highest BCUT2D eigenvalue weighted by Gasteiger charge is 2.15. The summed E-state index contributed by atoms with van der Waals surface area (Å²) in [4.78, 5) is 11.5. The first-order chi connectivity index (χ1) is 9.65. The third kappa shape index (κ3) is 4.74. The smallest absolute Gasteiger partial charge is 0.317 e. The maximum atomic E-state index is 11.5. The second-order valence-corrected chi connectivity index (χ2v) is 5.23. The number of rotatable bonds is 5. The van der Waals surface area contributed by atoms with Crippen LogP contribution in [-0.4, -0.2) is 32.0 Å². The van der Waals surface area contributed by atoms with Crippen molar-refractivity contribution < 1.29 is 14.3 Å². The first kappa shape index (κ1) is 15.2. The fourth-order valence-corrected chi connectivity index (χ4v) is 2.31. The number of benzene rings is 1. The predicted molar refractivity (Wildman–Crippen MR) is 77.5 cm³/mol. The van der Waals surface area contributed by atoms with E-state index in [0.29, 0.717) is 22.3 Å². The lowest BCUT2D eigenvalue weighted by atomic mass is 10.2. The Morgan fingerprint density at radius 2 is 2.25 bits per heavy atom. The Morgan fingerprint density at radius 3 is 2.95 bits per heavy atom. The van der Waals surface area contributed by atoms with Crippen LogP contribution >= 0.6 is 23.2 Å². The van der Waals surface area contributed by atoms with Crippen LogP contribution in [0.1, 0.15) is 12.8 Å². The molecule has 1 unspecified atom stereocenters. The van der Waals surface area contributed by atoms with E-state index in [2.05, 4.69) is 10.6 Å². The molecule has 1 aromatic carbocycles. The molecule has 5 nitrogen and oxygen atoms in total. The maximum absolute atomic E-state index is 11.5. The number of hydrogen-bond acceptors (Lipinski definition) is 3. The van der Waals surface area contributed by atoms with Gasteiger partial charge in [0.25, 0.3) is 0 Å². The minimum atomic E-state index is -0.300. The van der Waals surface area contributed by atoms with Crippen LogP contribution < -0.4 is 15.4 Å². The Kier molecular flexibility index (Phi) is 5.76. The van der Waals surface area contributed by atoms with Gasteiger partial charge in [-0.15, -0.1) is 0 Å². The number of nitrogens with one attached hydrogen (secondary N) is 2. The van der Waals surface area contributed by atoms with Gasteiger partial charge in [-0.25, -0.2) is 4.79 Å². The Hall–Kier alpha value is -1.17. The van der Waals surface area contributed by atoms with Gasteiger partial charge in [0.15, 0.2) is 6.73 Å². The summed E-state index contributed by atoms with van der Waals surface area (Å²) in [5.41, 5.74) is 0. The topological polar surface area (TPSA) is 59.6 Å². The highest BCUT2D eigenvalue weighted by molar-refractivity contribution is 6.35. The number of hydrogen-bond donors (Lipinski definition) is 2.